The number of β-amino-alcohol motifs (C(OH)–C–C–N with tert-alkyl or cyclic N) is 1. The minimum atomic E-state index is -0.161. The van der Waals surface area contributed by atoms with Crippen molar-refractivity contribution >= 4 is 0 Å². The Morgan fingerprint density at radius 2 is 2.35 bits per heavy atom. The molecule has 0 radical (unpaired) electrons. The van der Waals surface area contributed by atoms with Gasteiger partial charge in [0.25, 0.3) is 0 Å². The highest BCUT2D eigenvalue weighted by atomic mass is 19.1. The zero-order chi connectivity index (χ0) is 12.3. The lowest BCUT2D eigenvalue weighted by Gasteiger charge is -2.23. The summed E-state index contributed by atoms with van der Waals surface area (Å²) >= 11 is 0. The molecule has 0 aliphatic carbocycles. The van der Waals surface area contributed by atoms with Crippen LogP contribution in [-0.4, -0.2) is 35.2 Å². The molecule has 0 saturated carbocycles. The van der Waals surface area contributed by atoms with Crippen LogP contribution >= 0.6 is 0 Å². The van der Waals surface area contributed by atoms with Crippen LogP contribution in [0.15, 0.2) is 24.3 Å². The van der Waals surface area contributed by atoms with E-state index in [0.29, 0.717) is 6.04 Å². The predicted molar refractivity (Wildman–Crippen MR) is 66.4 cm³/mol. The molecule has 2 nitrogen and oxygen atoms in total. The Bertz CT molecular complexity index is 369. The normalized spacial score (nSPS) is 22.9. The fourth-order valence-corrected chi connectivity index (χ4v) is 2.42. The Labute approximate surface area is 102 Å². The minimum absolute atomic E-state index is 0.160. The molecule has 0 spiro atoms. The molecule has 94 valence electrons. The average molecular weight is 237 g/mol. The number of nitrogens with zero attached hydrogens (tertiary/aromatic N) is 1. The first-order chi connectivity index (χ1) is 8.15. The Balaban J connectivity index is 1.81. The van der Waals surface area contributed by atoms with Crippen molar-refractivity contribution in [2.24, 2.45) is 0 Å². The fourth-order valence-electron chi connectivity index (χ4n) is 2.42. The summed E-state index contributed by atoms with van der Waals surface area (Å²) in [6.45, 7) is 3.94. The SMILES string of the molecule is C[C@@H](CCc1cccc(F)c1)N1CC[C@H](O)C1. The second-order valence-electron chi connectivity index (χ2n) is 4.96. The highest BCUT2D eigenvalue weighted by molar-refractivity contribution is 5.16. The van der Waals surface area contributed by atoms with Gasteiger partial charge in [0.1, 0.15) is 5.82 Å². The van der Waals surface area contributed by atoms with E-state index in [-0.39, 0.29) is 11.9 Å². The van der Waals surface area contributed by atoms with E-state index in [2.05, 4.69) is 11.8 Å². The van der Waals surface area contributed by atoms with Crippen molar-refractivity contribution in [3.05, 3.63) is 35.6 Å². The number of likely N-dealkylation sites (tertiary alicyclic amines) is 1. The number of halogens is 1. The van der Waals surface area contributed by atoms with Crippen molar-refractivity contribution in [3.8, 4) is 0 Å². The Kier molecular flexibility index (Phi) is 4.13. The van der Waals surface area contributed by atoms with Gasteiger partial charge >= 0.3 is 0 Å². The number of rotatable bonds is 4. The standard InChI is InChI=1S/C14H20FNO/c1-11(16-8-7-14(17)10-16)5-6-12-3-2-4-13(15)9-12/h2-4,9,11,14,17H,5-8,10H2,1H3/t11-,14-/m0/s1. The van der Waals surface area contributed by atoms with E-state index in [9.17, 15) is 9.50 Å². The topological polar surface area (TPSA) is 23.5 Å². The summed E-state index contributed by atoms with van der Waals surface area (Å²) < 4.78 is 13.0. The quantitative estimate of drug-likeness (QED) is 0.868. The molecule has 1 fully saturated rings. The van der Waals surface area contributed by atoms with E-state index in [1.807, 2.05) is 6.07 Å². The van der Waals surface area contributed by atoms with Gasteiger partial charge in [0, 0.05) is 19.1 Å². The smallest absolute Gasteiger partial charge is 0.123 e. The summed E-state index contributed by atoms with van der Waals surface area (Å²) in [6, 6.07) is 7.26. The van der Waals surface area contributed by atoms with Gasteiger partial charge < -0.3 is 5.11 Å². The maximum atomic E-state index is 13.0. The maximum Gasteiger partial charge on any atom is 0.123 e. The lowest BCUT2D eigenvalue weighted by molar-refractivity contribution is 0.160. The minimum Gasteiger partial charge on any atom is -0.392 e. The molecule has 1 saturated heterocycles. The monoisotopic (exact) mass is 237 g/mol. The Morgan fingerprint density at radius 3 is 3.00 bits per heavy atom. The third kappa shape index (κ3) is 3.51. The number of aryl methyl sites for hydroxylation is 1. The molecule has 0 amide bonds. The largest absolute Gasteiger partial charge is 0.392 e. The van der Waals surface area contributed by atoms with Gasteiger partial charge in [0.2, 0.25) is 0 Å². The van der Waals surface area contributed by atoms with Crippen LogP contribution in [0.25, 0.3) is 0 Å². The van der Waals surface area contributed by atoms with Gasteiger partial charge in [-0.1, -0.05) is 12.1 Å². The Morgan fingerprint density at radius 1 is 1.53 bits per heavy atom. The first-order valence-electron chi connectivity index (χ1n) is 6.31. The van der Waals surface area contributed by atoms with Gasteiger partial charge in [-0.25, -0.2) is 4.39 Å². The third-order valence-corrected chi connectivity index (χ3v) is 3.56. The third-order valence-electron chi connectivity index (χ3n) is 3.56. The summed E-state index contributed by atoms with van der Waals surface area (Å²) in [7, 11) is 0. The van der Waals surface area contributed by atoms with E-state index in [0.717, 1.165) is 37.9 Å². The molecule has 3 heteroatoms. The molecule has 0 unspecified atom stereocenters. The van der Waals surface area contributed by atoms with Crippen molar-refractivity contribution in [2.75, 3.05) is 13.1 Å². The molecule has 1 N–H and O–H groups in total. The van der Waals surface area contributed by atoms with Crippen molar-refractivity contribution < 1.29 is 9.50 Å². The summed E-state index contributed by atoms with van der Waals surface area (Å²) in [4.78, 5) is 2.31. The predicted octanol–water partition coefficient (Wildman–Crippen LogP) is 2.21. The second-order valence-corrected chi connectivity index (χ2v) is 4.96. The molecule has 0 bridgehead atoms. The van der Waals surface area contributed by atoms with Crippen molar-refractivity contribution in [3.63, 3.8) is 0 Å². The van der Waals surface area contributed by atoms with E-state index in [1.165, 1.54) is 6.07 Å². The lowest BCUT2D eigenvalue weighted by atomic mass is 10.1. The van der Waals surface area contributed by atoms with E-state index < -0.39 is 0 Å². The first-order valence-corrected chi connectivity index (χ1v) is 6.31. The summed E-state index contributed by atoms with van der Waals surface area (Å²) in [6.07, 6.45) is 2.62. The number of aliphatic hydroxyl groups excluding tert-OH is 1. The molecule has 1 aromatic carbocycles. The van der Waals surface area contributed by atoms with Crippen LogP contribution in [0.5, 0.6) is 0 Å². The molecule has 2 atom stereocenters. The fraction of sp³-hybridized carbons (Fsp3) is 0.571. The summed E-state index contributed by atoms with van der Waals surface area (Å²) in [5.41, 5.74) is 1.05. The molecule has 1 aromatic rings. The molecule has 0 aromatic heterocycles. The van der Waals surface area contributed by atoms with Crippen LogP contribution in [0.3, 0.4) is 0 Å². The molecule has 17 heavy (non-hydrogen) atoms. The van der Waals surface area contributed by atoms with Crippen LogP contribution in [0.4, 0.5) is 4.39 Å². The van der Waals surface area contributed by atoms with Gasteiger partial charge in [-0.2, -0.15) is 0 Å². The summed E-state index contributed by atoms with van der Waals surface area (Å²) in [5.74, 6) is -0.160. The van der Waals surface area contributed by atoms with Crippen LogP contribution in [0.2, 0.25) is 0 Å². The number of aliphatic hydroxyl groups is 1. The van der Waals surface area contributed by atoms with Crippen LogP contribution in [0.1, 0.15) is 25.3 Å². The van der Waals surface area contributed by atoms with Crippen molar-refractivity contribution in [1.82, 2.24) is 4.90 Å². The van der Waals surface area contributed by atoms with Gasteiger partial charge in [0.15, 0.2) is 0 Å². The van der Waals surface area contributed by atoms with Crippen LogP contribution < -0.4 is 0 Å². The second kappa shape index (κ2) is 5.61. The molecule has 1 aliphatic heterocycles. The average Bonchev–Trinajstić information content (AvgIpc) is 2.73. The van der Waals surface area contributed by atoms with E-state index in [1.54, 1.807) is 12.1 Å². The van der Waals surface area contributed by atoms with Gasteiger partial charge in [0.05, 0.1) is 6.10 Å². The number of benzene rings is 1. The van der Waals surface area contributed by atoms with Crippen molar-refractivity contribution in [1.29, 1.82) is 0 Å². The van der Waals surface area contributed by atoms with Crippen LogP contribution in [0, 0.1) is 5.82 Å². The highest BCUT2D eigenvalue weighted by Crippen LogP contribution is 2.16. The molecular formula is C14H20FNO. The lowest BCUT2D eigenvalue weighted by Crippen LogP contribution is -2.32. The van der Waals surface area contributed by atoms with E-state index in [4.69, 9.17) is 0 Å². The molecule has 1 aliphatic rings. The zero-order valence-corrected chi connectivity index (χ0v) is 10.3. The zero-order valence-electron chi connectivity index (χ0n) is 10.3. The molecule has 1 heterocycles. The highest BCUT2D eigenvalue weighted by Gasteiger charge is 2.23. The number of hydrogen-bond donors (Lipinski definition) is 1. The van der Waals surface area contributed by atoms with Gasteiger partial charge in [-0.15, -0.1) is 0 Å². The summed E-state index contributed by atoms with van der Waals surface area (Å²) in [5, 5.41) is 9.48. The van der Waals surface area contributed by atoms with Gasteiger partial charge in [-0.3, -0.25) is 4.90 Å². The van der Waals surface area contributed by atoms with Crippen molar-refractivity contribution in [2.45, 2.75) is 38.3 Å². The Hall–Kier alpha value is -0.930. The van der Waals surface area contributed by atoms with Gasteiger partial charge in [-0.05, 0) is 43.9 Å². The van der Waals surface area contributed by atoms with Crippen LogP contribution in [-0.2, 0) is 6.42 Å². The van der Waals surface area contributed by atoms with E-state index >= 15 is 0 Å². The molecule has 2 rings (SSSR count). The first kappa shape index (κ1) is 12.5. The maximum absolute atomic E-state index is 13.0. The molecular weight excluding hydrogens is 217 g/mol. The number of hydrogen-bond acceptors (Lipinski definition) is 2.